The van der Waals surface area contributed by atoms with Crippen molar-refractivity contribution < 1.29 is 14.0 Å². The topological polar surface area (TPSA) is 52.7 Å². The largest absolute Gasteiger partial charge is 0.336 e. The summed E-state index contributed by atoms with van der Waals surface area (Å²) in [7, 11) is 0. The van der Waals surface area contributed by atoms with Gasteiger partial charge in [0.05, 0.1) is 10.7 Å². The van der Waals surface area contributed by atoms with Crippen LogP contribution in [-0.4, -0.2) is 53.8 Å². The molecular weight excluding hydrogens is 381 g/mol. The van der Waals surface area contributed by atoms with Crippen molar-refractivity contribution >= 4 is 29.1 Å². The maximum atomic E-state index is 13.0. The molecule has 4 rings (SSSR count). The van der Waals surface area contributed by atoms with E-state index in [9.17, 15) is 14.0 Å². The second-order valence-corrected chi connectivity index (χ2v) is 7.65. The molecule has 2 heterocycles. The normalized spacial score (nSPS) is 19.4. The molecule has 0 aromatic heterocycles. The molecule has 2 saturated heterocycles. The maximum Gasteiger partial charge on any atom is 0.255 e. The van der Waals surface area contributed by atoms with Crippen molar-refractivity contribution in [2.45, 2.75) is 18.9 Å². The molecule has 2 aliphatic heterocycles. The number of hydrogen-bond acceptors (Lipinski definition) is 3. The number of hydrogen-bond donors (Lipinski definition) is 1. The van der Waals surface area contributed by atoms with Crippen molar-refractivity contribution in [3.8, 4) is 0 Å². The summed E-state index contributed by atoms with van der Waals surface area (Å²) >= 11 is 6.30. The van der Waals surface area contributed by atoms with Gasteiger partial charge in [0.15, 0.2) is 0 Å². The summed E-state index contributed by atoms with van der Waals surface area (Å²) in [6.07, 6.45) is 2.33. The predicted octanol–water partition coefficient (Wildman–Crippen LogP) is 3.65. The third-order valence-corrected chi connectivity index (χ3v) is 5.76. The summed E-state index contributed by atoms with van der Waals surface area (Å²) < 4.78 is 13.0. The molecule has 28 heavy (non-hydrogen) atoms. The fraction of sp³-hybridized carbons (Fsp3) is 0.333. The first kappa shape index (κ1) is 18.9. The average molecular weight is 402 g/mol. The number of benzene rings is 2. The van der Waals surface area contributed by atoms with Crippen LogP contribution in [0, 0.1) is 5.82 Å². The molecule has 5 nitrogen and oxygen atoms in total. The minimum Gasteiger partial charge on any atom is -0.336 e. The van der Waals surface area contributed by atoms with Crippen LogP contribution in [0.1, 0.15) is 33.6 Å². The molecule has 0 saturated carbocycles. The molecule has 1 N–H and O–H groups in total. The second kappa shape index (κ2) is 7.89. The molecular formula is C21H21ClFN3O2. The Morgan fingerprint density at radius 3 is 2.54 bits per heavy atom. The number of nitrogens with zero attached hydrogens (tertiary/aromatic N) is 2. The lowest BCUT2D eigenvalue weighted by atomic mass is 10.1. The van der Waals surface area contributed by atoms with Gasteiger partial charge in [-0.25, -0.2) is 4.39 Å². The SMILES string of the molecule is O=C(Nc1ccc(C(=O)N2CCN3CCC[C@@H]3C2)cc1Cl)c1ccc(F)cc1. The monoisotopic (exact) mass is 401 g/mol. The van der Waals surface area contributed by atoms with Crippen molar-refractivity contribution in [3.63, 3.8) is 0 Å². The van der Waals surface area contributed by atoms with Gasteiger partial charge >= 0.3 is 0 Å². The molecule has 7 heteroatoms. The third kappa shape index (κ3) is 3.88. The van der Waals surface area contributed by atoms with Crippen molar-refractivity contribution in [3.05, 3.63) is 64.4 Å². The van der Waals surface area contributed by atoms with E-state index >= 15 is 0 Å². The molecule has 2 fully saturated rings. The van der Waals surface area contributed by atoms with Crippen molar-refractivity contribution in [1.29, 1.82) is 0 Å². The maximum absolute atomic E-state index is 13.0. The first-order valence-corrected chi connectivity index (χ1v) is 9.79. The van der Waals surface area contributed by atoms with Gasteiger partial charge < -0.3 is 10.2 Å². The number of carbonyl (C=O) groups is 2. The van der Waals surface area contributed by atoms with E-state index in [-0.39, 0.29) is 5.91 Å². The van der Waals surface area contributed by atoms with Gasteiger partial charge in [-0.05, 0) is 61.9 Å². The van der Waals surface area contributed by atoms with Crippen LogP contribution in [0.25, 0.3) is 0 Å². The van der Waals surface area contributed by atoms with E-state index in [1.807, 2.05) is 4.90 Å². The summed E-state index contributed by atoms with van der Waals surface area (Å²) in [6, 6.07) is 10.6. The van der Waals surface area contributed by atoms with E-state index in [1.54, 1.807) is 18.2 Å². The summed E-state index contributed by atoms with van der Waals surface area (Å²) in [4.78, 5) is 29.5. The number of carbonyl (C=O) groups excluding carboxylic acids is 2. The molecule has 0 aliphatic carbocycles. The fourth-order valence-electron chi connectivity index (χ4n) is 3.90. The van der Waals surface area contributed by atoms with Gasteiger partial charge in [-0.15, -0.1) is 0 Å². The van der Waals surface area contributed by atoms with Gasteiger partial charge in [0.2, 0.25) is 0 Å². The summed E-state index contributed by atoms with van der Waals surface area (Å²) in [5.74, 6) is -0.834. The number of amides is 2. The summed E-state index contributed by atoms with van der Waals surface area (Å²) in [5, 5.41) is 2.99. The first-order valence-electron chi connectivity index (χ1n) is 9.41. The van der Waals surface area contributed by atoms with E-state index in [1.165, 1.54) is 30.7 Å². The van der Waals surface area contributed by atoms with Gasteiger partial charge in [0.1, 0.15) is 5.82 Å². The quantitative estimate of drug-likeness (QED) is 0.854. The molecule has 2 aromatic rings. The Kier molecular flexibility index (Phi) is 5.33. The van der Waals surface area contributed by atoms with Crippen LogP contribution in [0.4, 0.5) is 10.1 Å². The summed E-state index contributed by atoms with van der Waals surface area (Å²) in [6.45, 7) is 3.51. The van der Waals surface area contributed by atoms with Gasteiger partial charge in [-0.1, -0.05) is 11.6 Å². The van der Waals surface area contributed by atoms with E-state index in [4.69, 9.17) is 11.6 Å². The standard InChI is InChI=1S/C21H21ClFN3O2/c22-18-12-15(21(28)26-11-10-25-9-1-2-17(25)13-26)5-8-19(18)24-20(27)14-3-6-16(23)7-4-14/h3-8,12,17H,1-2,9-11,13H2,(H,24,27)/t17-/m1/s1. The Labute approximate surface area is 168 Å². The van der Waals surface area contributed by atoms with Crippen molar-refractivity contribution in [2.24, 2.45) is 0 Å². The van der Waals surface area contributed by atoms with Gasteiger partial charge in [-0.2, -0.15) is 0 Å². The molecule has 0 radical (unpaired) electrons. The Morgan fingerprint density at radius 1 is 1.04 bits per heavy atom. The van der Waals surface area contributed by atoms with Gasteiger partial charge in [0, 0.05) is 36.8 Å². The van der Waals surface area contributed by atoms with Crippen LogP contribution in [0.2, 0.25) is 5.02 Å². The van der Waals surface area contributed by atoms with E-state index in [0.29, 0.717) is 27.9 Å². The minimum atomic E-state index is -0.407. The smallest absolute Gasteiger partial charge is 0.255 e. The summed E-state index contributed by atoms with van der Waals surface area (Å²) in [5.41, 5.74) is 1.25. The number of nitrogens with one attached hydrogen (secondary N) is 1. The molecule has 2 aliphatic rings. The van der Waals surface area contributed by atoms with Crippen LogP contribution in [-0.2, 0) is 0 Å². The lowest BCUT2D eigenvalue weighted by Gasteiger charge is -2.37. The number of fused-ring (bicyclic) bond motifs is 1. The number of halogens is 2. The zero-order valence-electron chi connectivity index (χ0n) is 15.3. The fourth-order valence-corrected chi connectivity index (χ4v) is 4.13. The van der Waals surface area contributed by atoms with E-state index in [0.717, 1.165) is 32.6 Å². The number of anilines is 1. The van der Waals surface area contributed by atoms with Crippen LogP contribution < -0.4 is 5.32 Å². The average Bonchev–Trinajstić information content (AvgIpc) is 3.17. The van der Waals surface area contributed by atoms with Crippen LogP contribution in [0.3, 0.4) is 0 Å². The van der Waals surface area contributed by atoms with Crippen molar-refractivity contribution in [1.82, 2.24) is 9.80 Å². The number of piperazine rings is 1. The Bertz CT molecular complexity index is 903. The zero-order chi connectivity index (χ0) is 19.7. The zero-order valence-corrected chi connectivity index (χ0v) is 16.1. The molecule has 0 unspecified atom stereocenters. The Balaban J connectivity index is 1.44. The van der Waals surface area contributed by atoms with E-state index in [2.05, 4.69) is 10.2 Å². The molecule has 2 aromatic carbocycles. The predicted molar refractivity (Wildman–Crippen MR) is 106 cm³/mol. The highest BCUT2D eigenvalue weighted by molar-refractivity contribution is 6.34. The Hall–Kier alpha value is -2.44. The van der Waals surface area contributed by atoms with E-state index < -0.39 is 11.7 Å². The van der Waals surface area contributed by atoms with Crippen LogP contribution in [0.15, 0.2) is 42.5 Å². The highest BCUT2D eigenvalue weighted by Crippen LogP contribution is 2.26. The second-order valence-electron chi connectivity index (χ2n) is 7.24. The lowest BCUT2D eigenvalue weighted by molar-refractivity contribution is 0.0571. The van der Waals surface area contributed by atoms with Crippen molar-refractivity contribution in [2.75, 3.05) is 31.5 Å². The number of rotatable bonds is 3. The minimum absolute atomic E-state index is 0.0372. The van der Waals surface area contributed by atoms with Crippen LogP contribution in [0.5, 0.6) is 0 Å². The van der Waals surface area contributed by atoms with Gasteiger partial charge in [-0.3, -0.25) is 14.5 Å². The molecule has 0 spiro atoms. The molecule has 146 valence electrons. The Morgan fingerprint density at radius 2 is 1.79 bits per heavy atom. The van der Waals surface area contributed by atoms with Gasteiger partial charge in [0.25, 0.3) is 11.8 Å². The highest BCUT2D eigenvalue weighted by Gasteiger charge is 2.32. The first-order chi connectivity index (χ1) is 13.5. The lowest BCUT2D eigenvalue weighted by Crippen LogP contribution is -2.52. The molecule has 0 bridgehead atoms. The molecule has 2 amide bonds. The molecule has 1 atom stereocenters. The van der Waals surface area contributed by atoms with Crippen LogP contribution >= 0.6 is 11.6 Å². The third-order valence-electron chi connectivity index (χ3n) is 5.45. The highest BCUT2D eigenvalue weighted by atomic mass is 35.5.